The maximum atomic E-state index is 5.43. The van der Waals surface area contributed by atoms with Gasteiger partial charge in [0.25, 0.3) is 0 Å². The van der Waals surface area contributed by atoms with Crippen molar-refractivity contribution in [1.82, 2.24) is 0 Å². The van der Waals surface area contributed by atoms with E-state index in [2.05, 4.69) is 214 Å². The van der Waals surface area contributed by atoms with Crippen LogP contribution in [0.5, 0.6) is 5.75 Å². The first-order chi connectivity index (χ1) is 26.7. The Hall–Kier alpha value is -6.58. The monoisotopic (exact) mass is 716 g/mol. The van der Waals surface area contributed by atoms with Crippen molar-refractivity contribution in [3.63, 3.8) is 0 Å². The van der Waals surface area contributed by atoms with E-state index in [4.69, 9.17) is 4.74 Å². The Kier molecular flexibility index (Phi) is 11.1. The molecule has 272 valence electrons. The molecule has 0 unspecified atom stereocenters. The van der Waals surface area contributed by atoms with Crippen molar-refractivity contribution in [2.24, 2.45) is 0 Å². The van der Waals surface area contributed by atoms with Crippen LogP contribution < -0.4 is 14.5 Å². The maximum absolute atomic E-state index is 5.43. The number of rotatable bonds is 11. The summed E-state index contributed by atoms with van der Waals surface area (Å²) in [4.78, 5) is 4.64. The van der Waals surface area contributed by atoms with Crippen molar-refractivity contribution in [2.75, 3.05) is 16.9 Å². The third-order valence-electron chi connectivity index (χ3n) is 9.98. The van der Waals surface area contributed by atoms with E-state index in [-0.39, 0.29) is 0 Å². The first-order valence-corrected chi connectivity index (χ1v) is 18.9. The highest BCUT2D eigenvalue weighted by Gasteiger charge is 2.16. The molecule has 0 amide bonds. The third kappa shape index (κ3) is 8.80. The summed E-state index contributed by atoms with van der Waals surface area (Å²) in [7, 11) is 1.70. The molecule has 0 radical (unpaired) electrons. The van der Waals surface area contributed by atoms with Gasteiger partial charge in [-0.15, -0.1) is 0 Å². The second-order valence-corrected chi connectivity index (χ2v) is 14.3. The molecule has 0 fully saturated rings. The Bertz CT molecular complexity index is 2420. The molecule has 0 saturated heterocycles. The highest BCUT2D eigenvalue weighted by Crippen LogP contribution is 2.39. The third-order valence-corrected chi connectivity index (χ3v) is 9.98. The smallest absolute Gasteiger partial charge is 0.119 e. The molecule has 0 aliphatic carbocycles. The molecule has 0 aliphatic rings. The fourth-order valence-corrected chi connectivity index (χ4v) is 6.96. The van der Waals surface area contributed by atoms with Gasteiger partial charge in [-0.1, -0.05) is 126 Å². The van der Waals surface area contributed by atoms with E-state index < -0.39 is 0 Å². The zero-order valence-corrected chi connectivity index (χ0v) is 32.6. The number of benzene rings is 7. The van der Waals surface area contributed by atoms with E-state index in [1.54, 1.807) is 7.11 Å². The molecule has 0 N–H and O–H groups in total. The Labute approximate surface area is 327 Å². The van der Waals surface area contributed by atoms with E-state index in [1.807, 2.05) is 12.1 Å². The van der Waals surface area contributed by atoms with Crippen molar-refractivity contribution in [2.45, 2.75) is 34.6 Å². The Morgan fingerprint density at radius 1 is 0.345 bits per heavy atom. The number of anilines is 6. The van der Waals surface area contributed by atoms with Crippen molar-refractivity contribution in [3.05, 3.63) is 208 Å². The molecule has 3 nitrogen and oxygen atoms in total. The van der Waals surface area contributed by atoms with Gasteiger partial charge < -0.3 is 14.5 Å². The number of aryl methyl sites for hydroxylation is 5. The SMILES string of the molecule is COc1ccc(N(c2ccc(C=Cc3ccc(C=Cc4ccc(N(c5ccc(C)cc5)c5ccc(C)cc5C)cc4)cc3)cc2)c2ccc(C)cc2C)cc1. The lowest BCUT2D eigenvalue weighted by atomic mass is 10.1. The molecule has 7 rings (SSSR count). The Morgan fingerprint density at radius 2 is 0.636 bits per heavy atom. The van der Waals surface area contributed by atoms with Gasteiger partial charge in [-0.05, 0) is 141 Å². The lowest BCUT2D eigenvalue weighted by molar-refractivity contribution is 0.415. The van der Waals surface area contributed by atoms with E-state index in [0.717, 1.165) is 56.4 Å². The molecule has 3 heteroatoms. The normalized spacial score (nSPS) is 11.3. The van der Waals surface area contributed by atoms with Crippen molar-refractivity contribution >= 4 is 58.4 Å². The van der Waals surface area contributed by atoms with Crippen LogP contribution in [0.1, 0.15) is 50.1 Å². The molecule has 7 aromatic rings. The van der Waals surface area contributed by atoms with Crippen LogP contribution in [-0.2, 0) is 0 Å². The molecule has 0 spiro atoms. The van der Waals surface area contributed by atoms with Gasteiger partial charge in [-0.3, -0.25) is 0 Å². The van der Waals surface area contributed by atoms with Gasteiger partial charge >= 0.3 is 0 Å². The fourth-order valence-electron chi connectivity index (χ4n) is 6.96. The van der Waals surface area contributed by atoms with E-state index in [0.29, 0.717) is 0 Å². The summed E-state index contributed by atoms with van der Waals surface area (Å²) in [5, 5.41) is 0. The molecule has 0 atom stereocenters. The van der Waals surface area contributed by atoms with Gasteiger partial charge in [0.15, 0.2) is 0 Å². The minimum absolute atomic E-state index is 0.842. The minimum atomic E-state index is 0.842. The predicted molar refractivity (Wildman–Crippen MR) is 237 cm³/mol. The fraction of sp³-hybridized carbons (Fsp3) is 0.115. The molecule has 0 saturated carbocycles. The molecular formula is C52H48N2O. The molecule has 55 heavy (non-hydrogen) atoms. The summed E-state index contributed by atoms with van der Waals surface area (Å²) >= 11 is 0. The maximum Gasteiger partial charge on any atom is 0.119 e. The van der Waals surface area contributed by atoms with Gasteiger partial charge in [0.05, 0.1) is 7.11 Å². The van der Waals surface area contributed by atoms with Crippen molar-refractivity contribution < 1.29 is 4.74 Å². The minimum Gasteiger partial charge on any atom is -0.497 e. The quantitative estimate of drug-likeness (QED) is 0.124. The first-order valence-electron chi connectivity index (χ1n) is 18.9. The van der Waals surface area contributed by atoms with Crippen LogP contribution in [0.4, 0.5) is 34.1 Å². The number of hydrogen-bond acceptors (Lipinski definition) is 3. The second-order valence-electron chi connectivity index (χ2n) is 14.3. The molecule has 7 aromatic carbocycles. The average molecular weight is 717 g/mol. The summed E-state index contributed by atoms with van der Waals surface area (Å²) in [5.74, 6) is 0.842. The summed E-state index contributed by atoms with van der Waals surface area (Å²) in [6.07, 6.45) is 8.69. The van der Waals surface area contributed by atoms with E-state index >= 15 is 0 Å². The predicted octanol–water partition coefficient (Wildman–Crippen LogP) is 14.5. The van der Waals surface area contributed by atoms with Crippen LogP contribution in [0, 0.1) is 34.6 Å². The topological polar surface area (TPSA) is 15.7 Å². The summed E-state index contributed by atoms with van der Waals surface area (Å²) in [6.45, 7) is 10.8. The van der Waals surface area contributed by atoms with Gasteiger partial charge in [0.2, 0.25) is 0 Å². The zero-order valence-electron chi connectivity index (χ0n) is 32.6. The number of nitrogens with zero attached hydrogens (tertiary/aromatic N) is 2. The Morgan fingerprint density at radius 3 is 0.964 bits per heavy atom. The highest BCUT2D eigenvalue weighted by molar-refractivity contribution is 5.82. The van der Waals surface area contributed by atoms with Crippen molar-refractivity contribution in [3.8, 4) is 5.75 Å². The molecule has 0 aromatic heterocycles. The van der Waals surface area contributed by atoms with Crippen LogP contribution in [0.3, 0.4) is 0 Å². The zero-order chi connectivity index (χ0) is 38.3. The molecule has 0 aliphatic heterocycles. The van der Waals surface area contributed by atoms with E-state index in [9.17, 15) is 0 Å². The summed E-state index contributed by atoms with van der Waals surface area (Å²) < 4.78 is 5.43. The van der Waals surface area contributed by atoms with Crippen LogP contribution in [0.15, 0.2) is 158 Å². The van der Waals surface area contributed by atoms with Crippen LogP contribution in [0.25, 0.3) is 24.3 Å². The molecule has 0 heterocycles. The highest BCUT2D eigenvalue weighted by atomic mass is 16.5. The average Bonchev–Trinajstić information content (AvgIpc) is 3.20. The van der Waals surface area contributed by atoms with Crippen LogP contribution in [0.2, 0.25) is 0 Å². The number of methoxy groups -OCH3 is 1. The lowest BCUT2D eigenvalue weighted by Gasteiger charge is -2.27. The standard InChI is InChI=1S/C52H48N2O/c1-37-7-23-46(24-8-37)53(51-33-9-38(2)35-40(51)4)47-25-19-44(20-26-47)17-15-42-11-13-43(14-12-42)16-18-45-21-27-48(28-22-45)54(49-29-31-50(55-6)32-30-49)52-34-10-39(3)36-41(52)5/h7-36H,1-6H3. The summed E-state index contributed by atoms with van der Waals surface area (Å²) in [5.41, 5.74) is 17.7. The lowest BCUT2D eigenvalue weighted by Crippen LogP contribution is -2.11. The van der Waals surface area contributed by atoms with Crippen molar-refractivity contribution in [1.29, 1.82) is 0 Å². The van der Waals surface area contributed by atoms with Gasteiger partial charge in [0, 0.05) is 34.1 Å². The largest absolute Gasteiger partial charge is 0.497 e. The van der Waals surface area contributed by atoms with Crippen LogP contribution in [-0.4, -0.2) is 7.11 Å². The van der Waals surface area contributed by atoms with Crippen LogP contribution >= 0.6 is 0 Å². The Balaban J connectivity index is 1.04. The molecule has 0 bridgehead atoms. The number of hydrogen-bond donors (Lipinski definition) is 0. The second kappa shape index (κ2) is 16.6. The van der Waals surface area contributed by atoms with Gasteiger partial charge in [0.1, 0.15) is 5.75 Å². The van der Waals surface area contributed by atoms with Gasteiger partial charge in [-0.2, -0.15) is 0 Å². The first kappa shape index (κ1) is 36.8. The summed E-state index contributed by atoms with van der Waals surface area (Å²) in [6, 6.07) is 56.4. The van der Waals surface area contributed by atoms with Gasteiger partial charge in [-0.25, -0.2) is 0 Å². The molecular weight excluding hydrogens is 669 g/mol. The van der Waals surface area contributed by atoms with E-state index in [1.165, 1.54) is 33.5 Å². The number of ether oxygens (including phenoxy) is 1.